The molecule has 5 heteroatoms. The van der Waals surface area contributed by atoms with Crippen molar-refractivity contribution in [1.82, 2.24) is 9.88 Å². The first-order valence-electron chi connectivity index (χ1n) is 9.62. The lowest BCUT2D eigenvalue weighted by Crippen LogP contribution is -2.39. The summed E-state index contributed by atoms with van der Waals surface area (Å²) < 4.78 is 13.7. The number of benzene rings is 2. The Bertz CT molecular complexity index is 986. The van der Waals surface area contributed by atoms with Gasteiger partial charge in [-0.05, 0) is 43.5 Å². The summed E-state index contributed by atoms with van der Waals surface area (Å²) in [6.45, 7) is 1.99. The first-order valence-corrected chi connectivity index (χ1v) is 11.1. The molecule has 1 aliphatic rings. The highest BCUT2D eigenvalue weighted by atomic mass is 32.2. The highest BCUT2D eigenvalue weighted by Gasteiger charge is 2.24. The van der Waals surface area contributed by atoms with Gasteiger partial charge in [0.25, 0.3) is 5.91 Å². The summed E-state index contributed by atoms with van der Waals surface area (Å²) in [5.74, 6) is 1.29. The minimum atomic E-state index is -0.729. The molecule has 0 unspecified atom stereocenters. The van der Waals surface area contributed by atoms with E-state index in [1.165, 1.54) is 0 Å². The smallest absolute Gasteiger partial charge is 0.253 e. The van der Waals surface area contributed by atoms with E-state index in [1.807, 2.05) is 49.4 Å². The SMILES string of the molecule is Cc1c(C(=O)NC2CCS(=O)CC2)cc(-c2ccccc2)n1-c1ccccc1. The fourth-order valence-electron chi connectivity index (χ4n) is 3.77. The Balaban J connectivity index is 1.71. The van der Waals surface area contributed by atoms with Crippen molar-refractivity contribution < 1.29 is 9.00 Å². The van der Waals surface area contributed by atoms with Gasteiger partial charge < -0.3 is 9.88 Å². The van der Waals surface area contributed by atoms with E-state index < -0.39 is 10.8 Å². The van der Waals surface area contributed by atoms with Crippen molar-refractivity contribution >= 4 is 16.7 Å². The second-order valence-electron chi connectivity index (χ2n) is 7.16. The van der Waals surface area contributed by atoms with Crippen molar-refractivity contribution in [1.29, 1.82) is 0 Å². The minimum absolute atomic E-state index is 0.0537. The fourth-order valence-corrected chi connectivity index (χ4v) is 5.07. The minimum Gasteiger partial charge on any atom is -0.349 e. The van der Waals surface area contributed by atoms with Crippen LogP contribution in [0.5, 0.6) is 0 Å². The molecule has 0 atom stereocenters. The second kappa shape index (κ2) is 8.15. The van der Waals surface area contributed by atoms with Crippen LogP contribution in [0.4, 0.5) is 0 Å². The number of hydrogen-bond acceptors (Lipinski definition) is 2. The van der Waals surface area contributed by atoms with Gasteiger partial charge in [-0.1, -0.05) is 48.5 Å². The van der Waals surface area contributed by atoms with Gasteiger partial charge in [-0.2, -0.15) is 0 Å². The summed E-state index contributed by atoms with van der Waals surface area (Å²) in [6.07, 6.45) is 1.56. The number of carbonyl (C=O) groups is 1. The van der Waals surface area contributed by atoms with Crippen molar-refractivity contribution in [3.8, 4) is 16.9 Å². The molecule has 0 aliphatic carbocycles. The lowest BCUT2D eigenvalue weighted by molar-refractivity contribution is 0.0934. The van der Waals surface area contributed by atoms with Crippen LogP contribution in [0, 0.1) is 6.92 Å². The van der Waals surface area contributed by atoms with Gasteiger partial charge in [0, 0.05) is 39.7 Å². The maximum atomic E-state index is 13.0. The zero-order chi connectivity index (χ0) is 19.5. The maximum absolute atomic E-state index is 13.0. The Hall–Kier alpha value is -2.66. The zero-order valence-electron chi connectivity index (χ0n) is 15.9. The van der Waals surface area contributed by atoms with E-state index in [2.05, 4.69) is 34.1 Å². The lowest BCUT2D eigenvalue weighted by atomic mass is 10.1. The molecule has 2 heterocycles. The van der Waals surface area contributed by atoms with Crippen LogP contribution in [0.3, 0.4) is 0 Å². The van der Waals surface area contributed by atoms with Gasteiger partial charge in [-0.15, -0.1) is 0 Å². The monoisotopic (exact) mass is 392 g/mol. The van der Waals surface area contributed by atoms with Crippen molar-refractivity contribution in [2.24, 2.45) is 0 Å². The van der Waals surface area contributed by atoms with E-state index in [-0.39, 0.29) is 11.9 Å². The van der Waals surface area contributed by atoms with Gasteiger partial charge >= 0.3 is 0 Å². The Morgan fingerprint density at radius 2 is 1.61 bits per heavy atom. The molecular formula is C23H24N2O2S. The van der Waals surface area contributed by atoms with Crippen LogP contribution in [0.2, 0.25) is 0 Å². The average molecular weight is 393 g/mol. The first kappa shape index (κ1) is 18.7. The number of rotatable bonds is 4. The third-order valence-electron chi connectivity index (χ3n) is 5.30. The van der Waals surface area contributed by atoms with Crippen molar-refractivity contribution in [3.63, 3.8) is 0 Å². The van der Waals surface area contributed by atoms with Gasteiger partial charge in [0.2, 0.25) is 0 Å². The van der Waals surface area contributed by atoms with Crippen molar-refractivity contribution in [3.05, 3.63) is 78.0 Å². The molecule has 144 valence electrons. The van der Waals surface area contributed by atoms with Gasteiger partial charge in [0.05, 0.1) is 11.3 Å². The van der Waals surface area contributed by atoms with E-state index in [1.54, 1.807) is 0 Å². The van der Waals surface area contributed by atoms with E-state index in [0.717, 1.165) is 35.5 Å². The molecule has 4 nitrogen and oxygen atoms in total. The topological polar surface area (TPSA) is 51.1 Å². The number of carbonyl (C=O) groups excluding carboxylic acids is 1. The molecule has 3 aromatic rings. The summed E-state index contributed by atoms with van der Waals surface area (Å²) in [6, 6.07) is 22.3. The van der Waals surface area contributed by atoms with E-state index in [0.29, 0.717) is 17.1 Å². The van der Waals surface area contributed by atoms with Crippen LogP contribution in [-0.4, -0.2) is 32.2 Å². The van der Waals surface area contributed by atoms with E-state index in [9.17, 15) is 9.00 Å². The molecule has 1 N–H and O–H groups in total. The Morgan fingerprint density at radius 3 is 2.25 bits per heavy atom. The molecule has 0 saturated carbocycles. The predicted octanol–water partition coefficient (Wildman–Crippen LogP) is 4.09. The molecule has 1 aromatic heterocycles. The molecule has 0 radical (unpaired) electrons. The molecule has 1 fully saturated rings. The van der Waals surface area contributed by atoms with Gasteiger partial charge in [0.1, 0.15) is 0 Å². The van der Waals surface area contributed by atoms with Crippen LogP contribution in [0.15, 0.2) is 66.7 Å². The number of para-hydroxylation sites is 1. The summed E-state index contributed by atoms with van der Waals surface area (Å²) in [7, 11) is -0.729. The number of hydrogen-bond donors (Lipinski definition) is 1. The van der Waals surface area contributed by atoms with Crippen LogP contribution in [-0.2, 0) is 10.8 Å². The first-order chi connectivity index (χ1) is 13.6. The summed E-state index contributed by atoms with van der Waals surface area (Å²) >= 11 is 0. The average Bonchev–Trinajstić information content (AvgIpc) is 3.08. The molecule has 1 amide bonds. The third-order valence-corrected chi connectivity index (χ3v) is 6.68. The van der Waals surface area contributed by atoms with E-state index >= 15 is 0 Å². The second-order valence-corrected chi connectivity index (χ2v) is 8.86. The largest absolute Gasteiger partial charge is 0.349 e. The quantitative estimate of drug-likeness (QED) is 0.727. The lowest BCUT2D eigenvalue weighted by Gasteiger charge is -2.22. The summed E-state index contributed by atoms with van der Waals surface area (Å²) in [5.41, 5.74) is 4.71. The third kappa shape index (κ3) is 3.80. The molecule has 1 saturated heterocycles. The molecule has 2 aromatic carbocycles. The number of nitrogens with one attached hydrogen (secondary N) is 1. The highest BCUT2D eigenvalue weighted by molar-refractivity contribution is 7.85. The van der Waals surface area contributed by atoms with Crippen LogP contribution >= 0.6 is 0 Å². The normalized spacial score (nSPS) is 19.3. The molecular weight excluding hydrogens is 368 g/mol. The molecule has 0 bridgehead atoms. The Kier molecular flexibility index (Phi) is 5.44. The van der Waals surface area contributed by atoms with Crippen LogP contribution in [0.1, 0.15) is 28.9 Å². The number of aromatic nitrogens is 1. The fraction of sp³-hybridized carbons (Fsp3) is 0.261. The molecule has 1 aliphatic heterocycles. The maximum Gasteiger partial charge on any atom is 0.253 e. The molecule has 0 spiro atoms. The van der Waals surface area contributed by atoms with Gasteiger partial charge in [-0.3, -0.25) is 9.00 Å². The van der Waals surface area contributed by atoms with Gasteiger partial charge in [-0.25, -0.2) is 0 Å². The summed E-state index contributed by atoms with van der Waals surface area (Å²) in [4.78, 5) is 13.0. The van der Waals surface area contributed by atoms with Crippen molar-refractivity contribution in [2.75, 3.05) is 11.5 Å². The van der Waals surface area contributed by atoms with E-state index in [4.69, 9.17) is 0 Å². The predicted molar refractivity (Wildman–Crippen MR) is 114 cm³/mol. The number of nitrogens with zero attached hydrogens (tertiary/aromatic N) is 1. The summed E-state index contributed by atoms with van der Waals surface area (Å²) in [5, 5.41) is 3.15. The Morgan fingerprint density at radius 1 is 1.00 bits per heavy atom. The Labute approximate surface area is 168 Å². The van der Waals surface area contributed by atoms with Gasteiger partial charge in [0.15, 0.2) is 0 Å². The van der Waals surface area contributed by atoms with Crippen LogP contribution in [0.25, 0.3) is 16.9 Å². The number of amides is 1. The highest BCUT2D eigenvalue weighted by Crippen LogP contribution is 2.29. The molecule has 28 heavy (non-hydrogen) atoms. The zero-order valence-corrected chi connectivity index (χ0v) is 16.7. The molecule has 4 rings (SSSR count). The van der Waals surface area contributed by atoms with Crippen molar-refractivity contribution in [2.45, 2.75) is 25.8 Å². The van der Waals surface area contributed by atoms with Crippen LogP contribution < -0.4 is 5.32 Å². The standard InChI is InChI=1S/C23H24N2O2S/c1-17-21(23(26)24-19-12-14-28(27)15-13-19)16-22(18-8-4-2-5-9-18)25(17)20-10-6-3-7-11-20/h2-11,16,19H,12-15H2,1H3,(H,24,26).